The quantitative estimate of drug-likeness (QED) is 0.221. The van der Waals surface area contributed by atoms with E-state index in [0.717, 1.165) is 0 Å². The molecule has 0 fully saturated rings. The van der Waals surface area contributed by atoms with Gasteiger partial charge in [0.1, 0.15) is 0 Å². The molecule has 0 radical (unpaired) electrons. The number of hydrogen-bond donors (Lipinski definition) is 0. The molecule has 2 heteroatoms. The third-order valence-electron chi connectivity index (χ3n) is 8.06. The fourth-order valence-corrected chi connectivity index (χ4v) is 7.69. The van der Waals surface area contributed by atoms with Crippen LogP contribution in [0, 0.1) is 13.8 Å². The molecule has 2 heterocycles. The largest absolute Gasteiger partial charge is 0.309 e. The van der Waals surface area contributed by atoms with Crippen molar-refractivity contribution in [3.63, 3.8) is 0 Å². The van der Waals surface area contributed by atoms with Gasteiger partial charge in [0.25, 0.3) is 0 Å². The monoisotopic (exact) mass is 503 g/mol. The highest BCUT2D eigenvalue weighted by molar-refractivity contribution is 7.27. The molecule has 8 rings (SSSR count). The van der Waals surface area contributed by atoms with Crippen LogP contribution in [0.4, 0.5) is 0 Å². The summed E-state index contributed by atoms with van der Waals surface area (Å²) in [4.78, 5) is 0. The van der Waals surface area contributed by atoms with Crippen LogP contribution in [-0.2, 0) is 0 Å². The average Bonchev–Trinajstić information content (AvgIpc) is 3.50. The fraction of sp³-hybridized carbons (Fsp3) is 0.0556. The van der Waals surface area contributed by atoms with Gasteiger partial charge in [0.2, 0.25) is 0 Å². The van der Waals surface area contributed by atoms with Crippen molar-refractivity contribution in [2.75, 3.05) is 0 Å². The summed E-state index contributed by atoms with van der Waals surface area (Å²) in [7, 11) is 0. The first-order chi connectivity index (χ1) is 18.7. The van der Waals surface area contributed by atoms with Crippen molar-refractivity contribution in [3.8, 4) is 16.8 Å². The molecule has 0 N–H and O–H groups in total. The number of fused-ring (bicyclic) bond motifs is 9. The molecule has 0 aliphatic heterocycles. The molecule has 8 aromatic rings. The van der Waals surface area contributed by atoms with E-state index in [4.69, 9.17) is 0 Å². The Morgan fingerprint density at radius 1 is 0.500 bits per heavy atom. The van der Waals surface area contributed by atoms with E-state index in [1.54, 1.807) is 0 Å². The maximum absolute atomic E-state index is 2.45. The van der Waals surface area contributed by atoms with E-state index in [-0.39, 0.29) is 0 Å². The molecule has 0 atom stereocenters. The van der Waals surface area contributed by atoms with Gasteiger partial charge >= 0.3 is 0 Å². The van der Waals surface area contributed by atoms with Crippen LogP contribution in [0.1, 0.15) is 11.1 Å². The third-order valence-corrected chi connectivity index (χ3v) is 9.33. The molecule has 0 amide bonds. The van der Waals surface area contributed by atoms with Gasteiger partial charge in [-0.15, -0.1) is 11.3 Å². The van der Waals surface area contributed by atoms with Crippen LogP contribution in [0.3, 0.4) is 0 Å². The Bertz CT molecular complexity index is 2190. The van der Waals surface area contributed by atoms with Gasteiger partial charge < -0.3 is 4.57 Å². The minimum atomic E-state index is 1.19. The number of aryl methyl sites for hydroxylation is 2. The maximum Gasteiger partial charge on any atom is 0.0555 e. The lowest BCUT2D eigenvalue weighted by molar-refractivity contribution is 1.18. The average molecular weight is 504 g/mol. The standard InChI is InChI=1S/C36H25NS/c1-22-10-6-8-14-26(22)32-23(2)16-20-30-33(32)34-31(37(30)25-12-4-3-5-13-25)21-19-29-28-18-17-24-11-7-9-15-27(24)35(28)38-36(29)34/h3-21H,1-2H3. The summed E-state index contributed by atoms with van der Waals surface area (Å²) in [5.41, 5.74) is 8.97. The molecule has 180 valence electrons. The molecule has 0 unspecified atom stereocenters. The summed E-state index contributed by atoms with van der Waals surface area (Å²) in [6.07, 6.45) is 0. The van der Waals surface area contributed by atoms with Crippen molar-refractivity contribution in [2.45, 2.75) is 13.8 Å². The summed E-state index contributed by atoms with van der Waals surface area (Å²) in [6, 6.07) is 42.2. The lowest BCUT2D eigenvalue weighted by atomic mass is 9.92. The van der Waals surface area contributed by atoms with E-state index < -0.39 is 0 Å². The Hall–Kier alpha value is -4.40. The molecule has 0 aliphatic carbocycles. The molecule has 0 saturated carbocycles. The van der Waals surface area contributed by atoms with Gasteiger partial charge in [-0.3, -0.25) is 0 Å². The lowest BCUT2D eigenvalue weighted by Gasteiger charge is -2.13. The maximum atomic E-state index is 2.45. The van der Waals surface area contributed by atoms with Crippen molar-refractivity contribution in [1.29, 1.82) is 0 Å². The minimum absolute atomic E-state index is 1.19. The molecule has 0 spiro atoms. The second-order valence-electron chi connectivity index (χ2n) is 10.2. The molecule has 6 aromatic carbocycles. The normalized spacial score (nSPS) is 11.9. The highest BCUT2D eigenvalue weighted by atomic mass is 32.1. The van der Waals surface area contributed by atoms with Gasteiger partial charge in [0.15, 0.2) is 0 Å². The molecule has 0 saturated heterocycles. The molecule has 0 aliphatic rings. The summed E-state index contributed by atoms with van der Waals surface area (Å²) >= 11 is 1.94. The Labute approximate surface area is 225 Å². The van der Waals surface area contributed by atoms with Gasteiger partial charge in [0, 0.05) is 36.6 Å². The van der Waals surface area contributed by atoms with E-state index >= 15 is 0 Å². The Balaban J connectivity index is 1.65. The van der Waals surface area contributed by atoms with Crippen LogP contribution in [0.5, 0.6) is 0 Å². The third kappa shape index (κ3) is 2.92. The summed E-state index contributed by atoms with van der Waals surface area (Å²) in [5.74, 6) is 0. The van der Waals surface area contributed by atoms with Crippen molar-refractivity contribution in [3.05, 3.63) is 126 Å². The van der Waals surface area contributed by atoms with E-state index in [0.29, 0.717) is 0 Å². The predicted octanol–water partition coefficient (Wildman–Crippen LogP) is 10.6. The van der Waals surface area contributed by atoms with Crippen LogP contribution < -0.4 is 0 Å². The summed E-state index contributed by atoms with van der Waals surface area (Å²) in [6.45, 7) is 4.48. The lowest BCUT2D eigenvalue weighted by Crippen LogP contribution is -1.94. The van der Waals surface area contributed by atoms with Crippen LogP contribution in [0.25, 0.3) is 69.6 Å². The van der Waals surface area contributed by atoms with Gasteiger partial charge in [0.05, 0.1) is 11.0 Å². The molecular weight excluding hydrogens is 478 g/mol. The summed E-state index contributed by atoms with van der Waals surface area (Å²) < 4.78 is 5.19. The number of rotatable bonds is 2. The van der Waals surface area contributed by atoms with Gasteiger partial charge in [-0.1, -0.05) is 91.0 Å². The predicted molar refractivity (Wildman–Crippen MR) is 166 cm³/mol. The second kappa shape index (κ2) is 8.05. The molecular formula is C36H25NS. The number of nitrogens with zero attached hydrogens (tertiary/aromatic N) is 1. The number of hydrogen-bond acceptors (Lipinski definition) is 1. The number of benzene rings is 6. The van der Waals surface area contributed by atoms with Gasteiger partial charge in [-0.25, -0.2) is 0 Å². The first-order valence-corrected chi connectivity index (χ1v) is 13.9. The van der Waals surface area contributed by atoms with E-state index in [1.807, 2.05) is 11.3 Å². The van der Waals surface area contributed by atoms with Crippen molar-refractivity contribution in [1.82, 2.24) is 4.57 Å². The zero-order valence-electron chi connectivity index (χ0n) is 21.3. The Kier molecular flexibility index (Phi) is 4.59. The zero-order valence-corrected chi connectivity index (χ0v) is 22.1. The first-order valence-electron chi connectivity index (χ1n) is 13.1. The number of aromatic nitrogens is 1. The van der Waals surface area contributed by atoms with Crippen LogP contribution >= 0.6 is 11.3 Å². The van der Waals surface area contributed by atoms with E-state index in [2.05, 4.69) is 134 Å². The first kappa shape index (κ1) is 21.7. The second-order valence-corrected chi connectivity index (χ2v) is 11.3. The van der Waals surface area contributed by atoms with E-state index in [9.17, 15) is 0 Å². The Morgan fingerprint density at radius 3 is 2.05 bits per heavy atom. The minimum Gasteiger partial charge on any atom is -0.309 e. The summed E-state index contributed by atoms with van der Waals surface area (Å²) in [5, 5.41) is 8.02. The number of para-hydroxylation sites is 1. The van der Waals surface area contributed by atoms with Crippen molar-refractivity contribution in [2.24, 2.45) is 0 Å². The zero-order chi connectivity index (χ0) is 25.4. The molecule has 38 heavy (non-hydrogen) atoms. The molecule has 1 nitrogen and oxygen atoms in total. The smallest absolute Gasteiger partial charge is 0.0555 e. The van der Waals surface area contributed by atoms with Crippen LogP contribution in [0.2, 0.25) is 0 Å². The van der Waals surface area contributed by atoms with Crippen LogP contribution in [-0.4, -0.2) is 4.57 Å². The Morgan fingerprint density at radius 2 is 1.18 bits per heavy atom. The van der Waals surface area contributed by atoms with Gasteiger partial charge in [-0.05, 0) is 71.1 Å². The van der Waals surface area contributed by atoms with Crippen LogP contribution in [0.15, 0.2) is 115 Å². The van der Waals surface area contributed by atoms with E-state index in [1.165, 1.54) is 80.7 Å². The highest BCUT2D eigenvalue weighted by Gasteiger charge is 2.22. The van der Waals surface area contributed by atoms with Gasteiger partial charge in [-0.2, -0.15) is 0 Å². The molecule has 2 aromatic heterocycles. The topological polar surface area (TPSA) is 4.93 Å². The van der Waals surface area contributed by atoms with Crippen molar-refractivity contribution < 1.29 is 0 Å². The van der Waals surface area contributed by atoms with Crippen molar-refractivity contribution >= 4 is 64.1 Å². The SMILES string of the molecule is Cc1ccccc1-c1c(C)ccc2c1c1c3sc4c5ccccc5ccc4c3ccc1n2-c1ccccc1. The fourth-order valence-electron chi connectivity index (χ4n) is 6.31. The highest BCUT2D eigenvalue weighted by Crippen LogP contribution is 2.48. The molecule has 0 bridgehead atoms. The number of thiophene rings is 1.